The van der Waals surface area contributed by atoms with Crippen LogP contribution in [0.3, 0.4) is 0 Å². The number of aromatic nitrogens is 1. The summed E-state index contributed by atoms with van der Waals surface area (Å²) >= 11 is 12.0. The number of carbonyl (C=O) groups is 1. The van der Waals surface area contributed by atoms with Crippen molar-refractivity contribution < 1.29 is 9.90 Å². The number of nitrogens with one attached hydrogen (secondary N) is 1. The van der Waals surface area contributed by atoms with Crippen molar-refractivity contribution in [3.05, 3.63) is 63.4 Å². The van der Waals surface area contributed by atoms with E-state index in [4.69, 9.17) is 23.2 Å². The Morgan fingerprint density at radius 3 is 2.89 bits per heavy atom. The number of carbonyl (C=O) groups excluding carboxylic acids is 1. The lowest BCUT2D eigenvalue weighted by molar-refractivity contribution is 0.0452. The third-order valence-electron chi connectivity index (χ3n) is 4.56. The molecule has 1 heterocycles. The van der Waals surface area contributed by atoms with Crippen LogP contribution >= 0.6 is 23.2 Å². The average Bonchev–Trinajstić information content (AvgIpc) is 2.60. The van der Waals surface area contributed by atoms with Gasteiger partial charge in [0.2, 0.25) is 0 Å². The molecule has 1 saturated carbocycles. The average molecular weight is 403 g/mol. The lowest BCUT2D eigenvalue weighted by Gasteiger charge is -2.33. The van der Waals surface area contributed by atoms with Gasteiger partial charge in [-0.05, 0) is 56.5 Å². The van der Waals surface area contributed by atoms with Gasteiger partial charge in [-0.25, -0.2) is 4.98 Å². The van der Waals surface area contributed by atoms with Gasteiger partial charge < -0.3 is 10.4 Å². The topological polar surface area (TPSA) is 62.2 Å². The fourth-order valence-corrected chi connectivity index (χ4v) is 3.67. The summed E-state index contributed by atoms with van der Waals surface area (Å²) in [6.45, 7) is 1.81. The van der Waals surface area contributed by atoms with Gasteiger partial charge in [0.15, 0.2) is 0 Å². The van der Waals surface area contributed by atoms with Gasteiger partial charge in [-0.2, -0.15) is 0 Å². The molecule has 2 N–H and O–H groups in total. The molecule has 0 spiro atoms. The first-order valence-corrected chi connectivity index (χ1v) is 9.55. The van der Waals surface area contributed by atoms with Crippen LogP contribution in [0.15, 0.2) is 36.4 Å². The molecule has 1 aromatic carbocycles. The number of halogens is 2. The molecule has 0 aliphatic heterocycles. The highest BCUT2D eigenvalue weighted by atomic mass is 35.5. The zero-order valence-corrected chi connectivity index (χ0v) is 16.4. The molecule has 0 radical (unpaired) electrons. The van der Waals surface area contributed by atoms with E-state index in [9.17, 15) is 9.90 Å². The quantitative estimate of drug-likeness (QED) is 0.585. The van der Waals surface area contributed by atoms with Gasteiger partial charge in [0.05, 0.1) is 5.56 Å². The Labute approximate surface area is 168 Å². The number of rotatable bonds is 2. The molecule has 140 valence electrons. The second kappa shape index (κ2) is 8.31. The van der Waals surface area contributed by atoms with Crippen molar-refractivity contribution in [3.63, 3.8) is 0 Å². The third kappa shape index (κ3) is 5.23. The fraction of sp³-hybridized carbons (Fsp3) is 0.333. The van der Waals surface area contributed by atoms with Crippen LogP contribution in [0.5, 0.6) is 0 Å². The van der Waals surface area contributed by atoms with Crippen molar-refractivity contribution >= 4 is 29.1 Å². The maximum absolute atomic E-state index is 12.5. The van der Waals surface area contributed by atoms with Crippen LogP contribution in [0.4, 0.5) is 0 Å². The molecule has 1 fully saturated rings. The number of hydrogen-bond acceptors (Lipinski definition) is 3. The minimum absolute atomic E-state index is 0.178. The number of aryl methyl sites for hydroxylation is 1. The van der Waals surface area contributed by atoms with Gasteiger partial charge in [-0.15, -0.1) is 0 Å². The van der Waals surface area contributed by atoms with Crippen molar-refractivity contribution in [2.75, 3.05) is 0 Å². The maximum Gasteiger partial charge on any atom is 0.254 e. The number of aliphatic hydroxyl groups is 1. The van der Waals surface area contributed by atoms with Crippen molar-refractivity contribution in [1.82, 2.24) is 10.3 Å². The summed E-state index contributed by atoms with van der Waals surface area (Å²) < 4.78 is 0. The maximum atomic E-state index is 12.5. The van der Waals surface area contributed by atoms with Crippen molar-refractivity contribution in [2.24, 2.45) is 0 Å². The van der Waals surface area contributed by atoms with E-state index >= 15 is 0 Å². The highest BCUT2D eigenvalue weighted by Crippen LogP contribution is 2.28. The second-order valence-electron chi connectivity index (χ2n) is 6.85. The zero-order valence-electron chi connectivity index (χ0n) is 14.9. The Hall–Kier alpha value is -2.06. The van der Waals surface area contributed by atoms with Gasteiger partial charge in [0.25, 0.3) is 5.91 Å². The molecule has 27 heavy (non-hydrogen) atoms. The number of hydrogen-bond donors (Lipinski definition) is 2. The van der Waals surface area contributed by atoms with Gasteiger partial charge in [0.1, 0.15) is 10.8 Å². The standard InChI is InChI=1S/C21H20Cl2N2O2/c1-14-7-8-18(19(23)24-14)20(26)25-17-6-3-10-21(27,13-17)11-9-15-4-2-5-16(22)12-15/h2,4-5,7-8,12,17,27H,3,6,10,13H2,1H3,(H,25,26)/t17-,21?/m0/s1. The summed E-state index contributed by atoms with van der Waals surface area (Å²) in [5.41, 5.74) is 0.689. The Balaban J connectivity index is 1.69. The fourth-order valence-electron chi connectivity index (χ4n) is 3.20. The van der Waals surface area contributed by atoms with Gasteiger partial charge in [0, 0.05) is 28.7 Å². The Bertz CT molecular complexity index is 920. The number of nitrogens with zero attached hydrogens (tertiary/aromatic N) is 1. The second-order valence-corrected chi connectivity index (χ2v) is 7.64. The van der Waals surface area contributed by atoms with Crippen LogP contribution < -0.4 is 5.32 Å². The highest BCUT2D eigenvalue weighted by Gasteiger charge is 2.33. The minimum Gasteiger partial charge on any atom is -0.378 e. The molecule has 1 amide bonds. The van der Waals surface area contributed by atoms with Crippen LogP contribution in [-0.2, 0) is 0 Å². The van der Waals surface area contributed by atoms with E-state index < -0.39 is 5.60 Å². The van der Waals surface area contributed by atoms with E-state index in [1.807, 2.05) is 19.1 Å². The van der Waals surface area contributed by atoms with E-state index in [2.05, 4.69) is 22.1 Å². The molecule has 2 aromatic rings. The molecule has 0 bridgehead atoms. The van der Waals surface area contributed by atoms with Crippen molar-refractivity contribution in [2.45, 2.75) is 44.2 Å². The molecule has 4 nitrogen and oxygen atoms in total. The van der Waals surface area contributed by atoms with Crippen LogP contribution in [-0.4, -0.2) is 27.6 Å². The van der Waals surface area contributed by atoms with Crippen LogP contribution in [0.2, 0.25) is 10.2 Å². The summed E-state index contributed by atoms with van der Waals surface area (Å²) in [7, 11) is 0. The summed E-state index contributed by atoms with van der Waals surface area (Å²) in [4.78, 5) is 16.6. The number of pyridine rings is 1. The van der Waals surface area contributed by atoms with Crippen molar-refractivity contribution in [3.8, 4) is 11.8 Å². The van der Waals surface area contributed by atoms with Crippen LogP contribution in [0.1, 0.15) is 47.3 Å². The van der Waals surface area contributed by atoms with Gasteiger partial charge >= 0.3 is 0 Å². The molecule has 1 aliphatic rings. The molecule has 2 atom stereocenters. The monoisotopic (exact) mass is 402 g/mol. The molecular formula is C21H20Cl2N2O2. The van der Waals surface area contributed by atoms with Gasteiger partial charge in [-0.1, -0.05) is 41.1 Å². The van der Waals surface area contributed by atoms with E-state index in [1.54, 1.807) is 24.3 Å². The summed E-state index contributed by atoms with van der Waals surface area (Å²) in [5, 5.41) is 14.6. The lowest BCUT2D eigenvalue weighted by Crippen LogP contribution is -2.45. The zero-order chi connectivity index (χ0) is 19.4. The SMILES string of the molecule is Cc1ccc(C(=O)N[C@H]2CCCC(O)(C#Cc3cccc(Cl)c3)C2)c(Cl)n1. The molecular weight excluding hydrogens is 383 g/mol. The highest BCUT2D eigenvalue weighted by molar-refractivity contribution is 6.32. The largest absolute Gasteiger partial charge is 0.378 e. The molecule has 1 unspecified atom stereocenters. The first kappa shape index (κ1) is 19.7. The predicted molar refractivity (Wildman–Crippen MR) is 107 cm³/mol. The molecule has 1 aromatic heterocycles. The van der Waals surface area contributed by atoms with Crippen molar-refractivity contribution in [1.29, 1.82) is 0 Å². The molecule has 0 saturated heterocycles. The van der Waals surface area contributed by atoms with Crippen LogP contribution in [0.25, 0.3) is 0 Å². The smallest absolute Gasteiger partial charge is 0.254 e. The van der Waals surface area contributed by atoms with E-state index in [1.165, 1.54) is 0 Å². The number of benzene rings is 1. The summed E-state index contributed by atoms with van der Waals surface area (Å²) in [6.07, 6.45) is 2.48. The minimum atomic E-state index is -1.15. The molecule has 6 heteroatoms. The Morgan fingerprint density at radius 1 is 1.33 bits per heavy atom. The summed E-state index contributed by atoms with van der Waals surface area (Å²) in [5.74, 6) is 5.66. The lowest BCUT2D eigenvalue weighted by atomic mass is 9.82. The molecule has 1 aliphatic carbocycles. The number of amides is 1. The Morgan fingerprint density at radius 2 is 2.15 bits per heavy atom. The van der Waals surface area contributed by atoms with E-state index in [-0.39, 0.29) is 17.1 Å². The van der Waals surface area contributed by atoms with E-state index in [0.29, 0.717) is 23.4 Å². The first-order chi connectivity index (χ1) is 12.8. The molecule has 3 rings (SSSR count). The Kier molecular flexibility index (Phi) is 6.06. The third-order valence-corrected chi connectivity index (χ3v) is 5.08. The predicted octanol–water partition coefficient (Wildman–Crippen LogP) is 4.15. The van der Waals surface area contributed by atoms with Gasteiger partial charge in [-0.3, -0.25) is 4.79 Å². The van der Waals surface area contributed by atoms with E-state index in [0.717, 1.165) is 24.1 Å². The van der Waals surface area contributed by atoms with Crippen LogP contribution in [0, 0.1) is 18.8 Å². The first-order valence-electron chi connectivity index (χ1n) is 8.80. The normalized spacial score (nSPS) is 21.9. The summed E-state index contributed by atoms with van der Waals surface area (Å²) in [6, 6.07) is 10.4.